The first kappa shape index (κ1) is 19.4. The fourth-order valence-electron chi connectivity index (χ4n) is 2.25. The molecule has 0 bridgehead atoms. The third-order valence-electron chi connectivity index (χ3n) is 3.60. The Morgan fingerprint density at radius 3 is 2.64 bits per heavy atom. The fraction of sp³-hybridized carbons (Fsp3) is 0.533. The summed E-state index contributed by atoms with van der Waals surface area (Å²) in [6.45, 7) is 2.73. The lowest BCUT2D eigenvalue weighted by Gasteiger charge is -2.16. The van der Waals surface area contributed by atoms with Gasteiger partial charge in [-0.05, 0) is 37.5 Å². The quantitative estimate of drug-likeness (QED) is 0.398. The van der Waals surface area contributed by atoms with E-state index in [9.17, 15) is 8.78 Å². The van der Waals surface area contributed by atoms with Gasteiger partial charge in [-0.2, -0.15) is 0 Å². The molecule has 0 aliphatic heterocycles. The molecule has 0 unspecified atom stereocenters. The van der Waals surface area contributed by atoms with Crippen molar-refractivity contribution in [1.82, 2.24) is 10.6 Å². The molecule has 2 N–H and O–H groups in total. The Morgan fingerprint density at radius 2 is 2.09 bits per heavy atom. The fourth-order valence-corrected chi connectivity index (χ4v) is 2.44. The SMILES string of the molecule is CCNC(=NCC1(c2cccc(Cl)c2)CC1)NCC(F)F.I. The maximum atomic E-state index is 12.3. The van der Waals surface area contributed by atoms with Crippen molar-refractivity contribution in [2.24, 2.45) is 4.99 Å². The van der Waals surface area contributed by atoms with E-state index in [1.807, 2.05) is 31.2 Å². The first-order valence-electron chi connectivity index (χ1n) is 7.12. The Morgan fingerprint density at radius 1 is 1.36 bits per heavy atom. The van der Waals surface area contributed by atoms with Crippen molar-refractivity contribution < 1.29 is 8.78 Å². The zero-order chi connectivity index (χ0) is 15.3. The number of nitrogens with one attached hydrogen (secondary N) is 2. The van der Waals surface area contributed by atoms with Crippen LogP contribution >= 0.6 is 35.6 Å². The molecule has 1 aliphatic carbocycles. The van der Waals surface area contributed by atoms with Gasteiger partial charge in [0.05, 0.1) is 13.1 Å². The Hall–Kier alpha value is -0.630. The molecule has 7 heteroatoms. The van der Waals surface area contributed by atoms with Crippen LogP contribution in [0.3, 0.4) is 0 Å². The van der Waals surface area contributed by atoms with E-state index in [2.05, 4.69) is 15.6 Å². The lowest BCUT2D eigenvalue weighted by atomic mass is 9.96. The van der Waals surface area contributed by atoms with Gasteiger partial charge in [-0.25, -0.2) is 8.78 Å². The smallest absolute Gasteiger partial charge is 0.255 e. The summed E-state index contributed by atoms with van der Waals surface area (Å²) in [5.74, 6) is 0.436. The summed E-state index contributed by atoms with van der Waals surface area (Å²) in [7, 11) is 0. The van der Waals surface area contributed by atoms with E-state index in [0.29, 0.717) is 24.1 Å². The standard InChI is InChI=1S/C15H20ClF2N3.HI/c1-2-19-14(20-9-13(17)18)21-10-15(6-7-15)11-4-3-5-12(16)8-11;/h3-5,8,13H,2,6-7,9-10H2,1H3,(H2,19,20,21);1H. The van der Waals surface area contributed by atoms with Gasteiger partial charge in [0.15, 0.2) is 5.96 Å². The number of nitrogens with zero attached hydrogens (tertiary/aromatic N) is 1. The molecule has 1 saturated carbocycles. The van der Waals surface area contributed by atoms with Crippen molar-refractivity contribution in [2.75, 3.05) is 19.6 Å². The van der Waals surface area contributed by atoms with Crippen LogP contribution in [0.5, 0.6) is 0 Å². The van der Waals surface area contributed by atoms with Gasteiger partial charge in [-0.1, -0.05) is 23.7 Å². The maximum Gasteiger partial charge on any atom is 0.255 e. The lowest BCUT2D eigenvalue weighted by molar-refractivity contribution is 0.152. The van der Waals surface area contributed by atoms with Crippen molar-refractivity contribution in [2.45, 2.75) is 31.6 Å². The summed E-state index contributed by atoms with van der Waals surface area (Å²) in [6.07, 6.45) is -0.299. The molecule has 0 radical (unpaired) electrons. The molecule has 124 valence electrons. The molecule has 1 aliphatic rings. The van der Waals surface area contributed by atoms with Gasteiger partial charge in [-0.15, -0.1) is 24.0 Å². The van der Waals surface area contributed by atoms with E-state index in [0.717, 1.165) is 12.8 Å². The van der Waals surface area contributed by atoms with Crippen LogP contribution in [-0.2, 0) is 5.41 Å². The minimum absolute atomic E-state index is 0. The van der Waals surface area contributed by atoms with Crippen LogP contribution in [0.4, 0.5) is 8.78 Å². The van der Waals surface area contributed by atoms with Crippen molar-refractivity contribution in [3.05, 3.63) is 34.9 Å². The first-order chi connectivity index (χ1) is 10.1. The summed E-state index contributed by atoms with van der Waals surface area (Å²) in [4.78, 5) is 4.44. The molecule has 0 amide bonds. The minimum Gasteiger partial charge on any atom is -0.357 e. The third-order valence-corrected chi connectivity index (χ3v) is 3.83. The molecule has 0 spiro atoms. The third kappa shape index (κ3) is 5.53. The average Bonchev–Trinajstić information content (AvgIpc) is 3.23. The second kappa shape index (κ2) is 8.86. The highest BCUT2D eigenvalue weighted by atomic mass is 127. The molecule has 22 heavy (non-hydrogen) atoms. The number of hydrogen-bond donors (Lipinski definition) is 2. The van der Waals surface area contributed by atoms with Crippen molar-refractivity contribution in [1.29, 1.82) is 0 Å². The van der Waals surface area contributed by atoms with Crippen LogP contribution in [0.25, 0.3) is 0 Å². The summed E-state index contributed by atoms with van der Waals surface area (Å²) in [5.41, 5.74) is 1.18. The zero-order valence-electron chi connectivity index (χ0n) is 12.4. The molecule has 3 nitrogen and oxygen atoms in total. The normalized spacial score (nSPS) is 16.1. The molecule has 1 aromatic rings. The Kier molecular flexibility index (Phi) is 7.82. The van der Waals surface area contributed by atoms with Gasteiger partial charge in [0.1, 0.15) is 0 Å². The second-order valence-corrected chi connectivity index (χ2v) is 5.69. The van der Waals surface area contributed by atoms with E-state index in [1.54, 1.807) is 0 Å². The van der Waals surface area contributed by atoms with Crippen LogP contribution in [0, 0.1) is 0 Å². The number of alkyl halides is 2. The number of aliphatic imine (C=N–C) groups is 1. The Labute approximate surface area is 151 Å². The van der Waals surface area contributed by atoms with Crippen LogP contribution in [-0.4, -0.2) is 32.0 Å². The van der Waals surface area contributed by atoms with Gasteiger partial charge in [0.2, 0.25) is 0 Å². The molecule has 0 saturated heterocycles. The summed E-state index contributed by atoms with van der Waals surface area (Å²) in [6, 6.07) is 7.79. The van der Waals surface area contributed by atoms with Crippen molar-refractivity contribution >= 4 is 41.5 Å². The molecule has 0 atom stereocenters. The first-order valence-corrected chi connectivity index (χ1v) is 7.50. The highest BCUT2D eigenvalue weighted by Gasteiger charge is 2.44. The van der Waals surface area contributed by atoms with Gasteiger partial charge in [0.25, 0.3) is 6.43 Å². The van der Waals surface area contributed by atoms with Gasteiger partial charge in [-0.3, -0.25) is 4.99 Å². The van der Waals surface area contributed by atoms with E-state index in [1.165, 1.54) is 5.56 Å². The van der Waals surface area contributed by atoms with Crippen LogP contribution in [0.15, 0.2) is 29.3 Å². The number of rotatable bonds is 6. The molecular formula is C15H21ClF2IN3. The number of hydrogen-bond acceptors (Lipinski definition) is 1. The molecule has 1 fully saturated rings. The largest absolute Gasteiger partial charge is 0.357 e. The van der Waals surface area contributed by atoms with Crippen LogP contribution < -0.4 is 10.6 Å². The summed E-state index contributed by atoms with van der Waals surface area (Å²) >= 11 is 6.03. The van der Waals surface area contributed by atoms with Crippen LogP contribution in [0.2, 0.25) is 5.02 Å². The van der Waals surface area contributed by atoms with Gasteiger partial charge >= 0.3 is 0 Å². The molecule has 2 rings (SSSR count). The predicted molar refractivity (Wildman–Crippen MR) is 97.8 cm³/mol. The number of guanidine groups is 1. The number of benzene rings is 1. The van der Waals surface area contributed by atoms with E-state index < -0.39 is 13.0 Å². The van der Waals surface area contributed by atoms with E-state index in [-0.39, 0.29) is 29.4 Å². The minimum atomic E-state index is -2.39. The monoisotopic (exact) mass is 443 g/mol. The van der Waals surface area contributed by atoms with Gasteiger partial charge < -0.3 is 10.6 Å². The van der Waals surface area contributed by atoms with Gasteiger partial charge in [0, 0.05) is 17.0 Å². The summed E-state index contributed by atoms with van der Waals surface area (Å²) < 4.78 is 24.5. The average molecular weight is 444 g/mol. The Bertz CT molecular complexity index is 507. The molecule has 1 aromatic carbocycles. The molecule has 0 aromatic heterocycles. The number of halogens is 4. The predicted octanol–water partition coefficient (Wildman–Crippen LogP) is 3.81. The Balaban J connectivity index is 0.00000242. The van der Waals surface area contributed by atoms with Crippen molar-refractivity contribution in [3.63, 3.8) is 0 Å². The molecular weight excluding hydrogens is 423 g/mol. The highest BCUT2D eigenvalue weighted by Crippen LogP contribution is 2.48. The topological polar surface area (TPSA) is 36.4 Å². The van der Waals surface area contributed by atoms with Crippen molar-refractivity contribution in [3.8, 4) is 0 Å². The lowest BCUT2D eigenvalue weighted by Crippen LogP contribution is -2.40. The van der Waals surface area contributed by atoms with Crippen LogP contribution in [0.1, 0.15) is 25.3 Å². The highest BCUT2D eigenvalue weighted by molar-refractivity contribution is 14.0. The van der Waals surface area contributed by atoms with E-state index >= 15 is 0 Å². The second-order valence-electron chi connectivity index (χ2n) is 5.26. The summed E-state index contributed by atoms with van der Waals surface area (Å²) in [5, 5.41) is 6.34. The van der Waals surface area contributed by atoms with E-state index in [4.69, 9.17) is 11.6 Å². The zero-order valence-corrected chi connectivity index (χ0v) is 15.5. The maximum absolute atomic E-state index is 12.3. The molecule has 0 heterocycles.